The van der Waals surface area contributed by atoms with Crippen LogP contribution in [0.15, 0.2) is 0 Å². The standard InChI is InChI=1S/C16H28N6O7S/c1-30-5-4-9(22-14(26)8(17)6-12(19)24)15(27)20-7-13(25)21-10(16(28)29)2-3-11(18)23/h8-10H,2-7,17H2,1H3,(H2,18,23)(H2,19,24)(H,20,27)(H,21,25)(H,22,26)(H,28,29). The van der Waals surface area contributed by atoms with E-state index in [0.29, 0.717) is 5.75 Å². The van der Waals surface area contributed by atoms with Crippen LogP contribution < -0.4 is 33.2 Å². The number of carbonyl (C=O) groups excluding carboxylic acids is 5. The summed E-state index contributed by atoms with van der Waals surface area (Å²) in [7, 11) is 0. The molecule has 0 saturated carbocycles. The van der Waals surface area contributed by atoms with Crippen molar-refractivity contribution in [2.75, 3.05) is 18.6 Å². The molecule has 0 spiro atoms. The Hall–Kier alpha value is -2.87. The lowest BCUT2D eigenvalue weighted by Crippen LogP contribution is -2.54. The van der Waals surface area contributed by atoms with Crippen molar-refractivity contribution in [3.63, 3.8) is 0 Å². The summed E-state index contributed by atoms with van der Waals surface area (Å²) in [4.78, 5) is 69.1. The lowest BCUT2D eigenvalue weighted by Gasteiger charge is -2.20. The molecule has 0 heterocycles. The number of thioether (sulfide) groups is 1. The summed E-state index contributed by atoms with van der Waals surface area (Å²) in [6.07, 6.45) is 1.18. The third-order valence-electron chi connectivity index (χ3n) is 3.74. The zero-order chi connectivity index (χ0) is 23.3. The minimum absolute atomic E-state index is 0.200. The number of carboxylic acids is 1. The summed E-state index contributed by atoms with van der Waals surface area (Å²) >= 11 is 1.42. The van der Waals surface area contributed by atoms with Gasteiger partial charge in [0.2, 0.25) is 29.5 Å². The Balaban J connectivity index is 4.80. The van der Waals surface area contributed by atoms with E-state index in [0.717, 1.165) is 0 Å². The molecule has 0 aromatic carbocycles. The van der Waals surface area contributed by atoms with E-state index < -0.39 is 66.6 Å². The Labute approximate surface area is 177 Å². The molecule has 170 valence electrons. The summed E-state index contributed by atoms with van der Waals surface area (Å²) < 4.78 is 0. The lowest BCUT2D eigenvalue weighted by molar-refractivity contribution is -0.142. The number of primary amides is 2. The van der Waals surface area contributed by atoms with Crippen LogP contribution in [0, 0.1) is 0 Å². The maximum absolute atomic E-state index is 12.3. The van der Waals surface area contributed by atoms with Gasteiger partial charge in [-0.15, -0.1) is 0 Å². The van der Waals surface area contributed by atoms with Crippen LogP contribution in [0.5, 0.6) is 0 Å². The van der Waals surface area contributed by atoms with Crippen LogP contribution in [0.2, 0.25) is 0 Å². The van der Waals surface area contributed by atoms with Gasteiger partial charge in [0.25, 0.3) is 0 Å². The van der Waals surface area contributed by atoms with Crippen molar-refractivity contribution in [1.29, 1.82) is 0 Å². The predicted octanol–water partition coefficient (Wildman–Crippen LogP) is -3.62. The molecule has 0 aliphatic heterocycles. The van der Waals surface area contributed by atoms with Crippen LogP contribution in [-0.4, -0.2) is 77.3 Å². The van der Waals surface area contributed by atoms with E-state index in [-0.39, 0.29) is 19.3 Å². The number of nitrogens with two attached hydrogens (primary N) is 3. The highest BCUT2D eigenvalue weighted by molar-refractivity contribution is 7.98. The van der Waals surface area contributed by atoms with Crippen molar-refractivity contribution < 1.29 is 33.9 Å². The maximum Gasteiger partial charge on any atom is 0.326 e. The number of hydrogen-bond acceptors (Lipinski definition) is 8. The molecule has 0 aromatic rings. The number of aliphatic carboxylic acids is 1. The molecule has 0 bridgehead atoms. The number of nitrogens with one attached hydrogen (secondary N) is 3. The average Bonchev–Trinajstić information content (AvgIpc) is 2.65. The molecule has 13 nitrogen and oxygen atoms in total. The average molecular weight is 449 g/mol. The fraction of sp³-hybridized carbons (Fsp3) is 0.625. The van der Waals surface area contributed by atoms with E-state index in [2.05, 4.69) is 16.0 Å². The maximum atomic E-state index is 12.3. The van der Waals surface area contributed by atoms with Gasteiger partial charge in [-0.1, -0.05) is 0 Å². The zero-order valence-corrected chi connectivity index (χ0v) is 17.3. The van der Waals surface area contributed by atoms with Crippen LogP contribution in [0.1, 0.15) is 25.7 Å². The highest BCUT2D eigenvalue weighted by Crippen LogP contribution is 2.02. The molecule has 3 unspecified atom stereocenters. The van der Waals surface area contributed by atoms with Gasteiger partial charge in [0.1, 0.15) is 12.1 Å². The number of rotatable bonds is 15. The van der Waals surface area contributed by atoms with Gasteiger partial charge >= 0.3 is 5.97 Å². The second-order valence-electron chi connectivity index (χ2n) is 6.30. The van der Waals surface area contributed by atoms with Gasteiger partial charge in [0.05, 0.1) is 19.0 Å². The van der Waals surface area contributed by atoms with Crippen molar-refractivity contribution in [2.24, 2.45) is 17.2 Å². The van der Waals surface area contributed by atoms with E-state index in [4.69, 9.17) is 22.3 Å². The molecule has 0 radical (unpaired) electrons. The molecule has 0 fully saturated rings. The van der Waals surface area contributed by atoms with Crippen LogP contribution in [0.3, 0.4) is 0 Å². The summed E-state index contributed by atoms with van der Waals surface area (Å²) in [5.74, 6) is -4.59. The van der Waals surface area contributed by atoms with E-state index >= 15 is 0 Å². The Morgan fingerprint density at radius 1 is 0.933 bits per heavy atom. The van der Waals surface area contributed by atoms with E-state index in [9.17, 15) is 28.8 Å². The van der Waals surface area contributed by atoms with E-state index in [1.54, 1.807) is 6.26 Å². The fourth-order valence-corrected chi connectivity index (χ4v) is 2.64. The summed E-state index contributed by atoms with van der Waals surface area (Å²) in [6, 6.07) is -3.60. The largest absolute Gasteiger partial charge is 0.480 e. The van der Waals surface area contributed by atoms with Crippen molar-refractivity contribution >= 4 is 47.3 Å². The highest BCUT2D eigenvalue weighted by Gasteiger charge is 2.25. The van der Waals surface area contributed by atoms with Crippen molar-refractivity contribution in [2.45, 2.75) is 43.8 Å². The van der Waals surface area contributed by atoms with Crippen molar-refractivity contribution in [3.8, 4) is 0 Å². The Morgan fingerprint density at radius 2 is 1.57 bits per heavy atom. The molecule has 0 aliphatic rings. The Kier molecular flexibility index (Phi) is 12.8. The zero-order valence-electron chi connectivity index (χ0n) is 16.5. The molecule has 3 atom stereocenters. The van der Waals surface area contributed by atoms with Gasteiger partial charge in [-0.05, 0) is 24.9 Å². The van der Waals surface area contributed by atoms with Gasteiger partial charge in [0.15, 0.2) is 0 Å². The fourth-order valence-electron chi connectivity index (χ4n) is 2.17. The van der Waals surface area contributed by atoms with Crippen LogP contribution >= 0.6 is 11.8 Å². The topological polar surface area (TPSA) is 237 Å². The molecule has 0 saturated heterocycles. The number of carboxylic acid groups (broad SMARTS) is 1. The molecular weight excluding hydrogens is 420 g/mol. The minimum Gasteiger partial charge on any atom is -0.480 e. The van der Waals surface area contributed by atoms with Crippen LogP contribution in [0.25, 0.3) is 0 Å². The van der Waals surface area contributed by atoms with E-state index in [1.165, 1.54) is 11.8 Å². The van der Waals surface area contributed by atoms with Crippen LogP contribution in [-0.2, 0) is 28.8 Å². The van der Waals surface area contributed by atoms with Crippen LogP contribution in [0.4, 0.5) is 0 Å². The molecule has 5 amide bonds. The molecule has 14 heteroatoms. The lowest BCUT2D eigenvalue weighted by atomic mass is 10.1. The van der Waals surface area contributed by atoms with E-state index in [1.807, 2.05) is 0 Å². The first-order valence-corrected chi connectivity index (χ1v) is 10.3. The van der Waals surface area contributed by atoms with Crippen molar-refractivity contribution in [3.05, 3.63) is 0 Å². The minimum atomic E-state index is -1.36. The quantitative estimate of drug-likeness (QED) is 0.131. The van der Waals surface area contributed by atoms with Gasteiger partial charge in [0, 0.05) is 6.42 Å². The Bertz CT molecular complexity index is 660. The molecule has 0 rings (SSSR count). The smallest absolute Gasteiger partial charge is 0.326 e. The normalized spacial score (nSPS) is 13.4. The molecule has 30 heavy (non-hydrogen) atoms. The Morgan fingerprint density at radius 3 is 2.07 bits per heavy atom. The number of hydrogen-bond donors (Lipinski definition) is 7. The monoisotopic (exact) mass is 448 g/mol. The first-order chi connectivity index (χ1) is 14.0. The number of carbonyl (C=O) groups is 6. The first-order valence-electron chi connectivity index (χ1n) is 8.89. The van der Waals surface area contributed by atoms with Gasteiger partial charge < -0.3 is 38.3 Å². The molecule has 10 N–H and O–H groups in total. The predicted molar refractivity (Wildman–Crippen MR) is 108 cm³/mol. The van der Waals surface area contributed by atoms with Crippen molar-refractivity contribution in [1.82, 2.24) is 16.0 Å². The summed E-state index contributed by atoms with van der Waals surface area (Å²) in [5.41, 5.74) is 15.5. The van der Waals surface area contributed by atoms with Gasteiger partial charge in [-0.3, -0.25) is 24.0 Å². The first kappa shape index (κ1) is 27.1. The third-order valence-corrected chi connectivity index (χ3v) is 4.38. The molecule has 0 aliphatic carbocycles. The third kappa shape index (κ3) is 11.9. The second kappa shape index (κ2) is 14.2. The molecular formula is C16H28N6O7S. The summed E-state index contributed by atoms with van der Waals surface area (Å²) in [6.45, 7) is -0.557. The SMILES string of the molecule is CSCCC(NC(=O)C(N)CC(N)=O)C(=O)NCC(=O)NC(CCC(N)=O)C(=O)O. The van der Waals surface area contributed by atoms with Gasteiger partial charge in [-0.25, -0.2) is 4.79 Å². The second-order valence-corrected chi connectivity index (χ2v) is 7.29. The van der Waals surface area contributed by atoms with Gasteiger partial charge in [-0.2, -0.15) is 11.8 Å². The highest BCUT2D eigenvalue weighted by atomic mass is 32.2. The number of amides is 5. The summed E-state index contributed by atoms with van der Waals surface area (Å²) in [5, 5.41) is 15.9. The molecule has 0 aromatic heterocycles.